The fourth-order valence-electron chi connectivity index (χ4n) is 2.01. The van der Waals surface area contributed by atoms with Gasteiger partial charge in [0.25, 0.3) is 0 Å². The predicted octanol–water partition coefficient (Wildman–Crippen LogP) is 2.84. The molecule has 1 unspecified atom stereocenters. The van der Waals surface area contributed by atoms with E-state index in [1.54, 1.807) is 6.20 Å². The molecule has 1 heterocycles. The number of hydrogen-bond donors (Lipinski definition) is 2. The van der Waals surface area contributed by atoms with Gasteiger partial charge in [-0.05, 0) is 18.6 Å². The Kier molecular flexibility index (Phi) is 5.15. The van der Waals surface area contributed by atoms with E-state index < -0.39 is 6.04 Å². The lowest BCUT2D eigenvalue weighted by molar-refractivity contribution is -0.141. The summed E-state index contributed by atoms with van der Waals surface area (Å²) in [5.74, 6) is 0.433. The molecule has 5 nitrogen and oxygen atoms in total. The average Bonchev–Trinajstić information content (AvgIpc) is 2.53. The summed E-state index contributed by atoms with van der Waals surface area (Å²) in [6.45, 7) is 2.79. The molecule has 0 spiro atoms. The number of pyridine rings is 1. The number of aromatic nitrogens is 1. The van der Waals surface area contributed by atoms with E-state index in [9.17, 15) is 4.79 Å². The molecular weight excluding hydrogens is 266 g/mol. The average molecular weight is 285 g/mol. The number of carbonyl (C=O) groups excluding carboxylic acids is 1. The van der Waals surface area contributed by atoms with Crippen molar-refractivity contribution >= 4 is 17.5 Å². The molecule has 2 aromatic rings. The first-order valence-corrected chi connectivity index (χ1v) is 6.84. The maximum atomic E-state index is 12.0. The highest BCUT2D eigenvalue weighted by atomic mass is 16.5. The monoisotopic (exact) mass is 285 g/mol. The number of nitrogens with zero attached hydrogens (tertiary/aromatic N) is 1. The fourth-order valence-corrected chi connectivity index (χ4v) is 2.01. The number of nitrogens with one attached hydrogen (secondary N) is 2. The fraction of sp³-hybridized carbons (Fsp3) is 0.250. The van der Waals surface area contributed by atoms with Gasteiger partial charge < -0.3 is 15.4 Å². The second-order valence-electron chi connectivity index (χ2n) is 4.47. The van der Waals surface area contributed by atoms with Crippen LogP contribution in [0.3, 0.4) is 0 Å². The van der Waals surface area contributed by atoms with Gasteiger partial charge in [0.1, 0.15) is 5.82 Å². The van der Waals surface area contributed by atoms with Crippen molar-refractivity contribution in [1.29, 1.82) is 0 Å². The Bertz CT molecular complexity index is 587. The molecule has 0 aliphatic rings. The Balaban J connectivity index is 2.23. The van der Waals surface area contributed by atoms with E-state index >= 15 is 0 Å². The number of methoxy groups -OCH3 is 1. The number of rotatable bonds is 6. The number of anilines is 2. The second-order valence-corrected chi connectivity index (χ2v) is 4.47. The zero-order valence-electron chi connectivity index (χ0n) is 12.2. The predicted molar refractivity (Wildman–Crippen MR) is 83.2 cm³/mol. The van der Waals surface area contributed by atoms with Crippen molar-refractivity contribution in [3.63, 3.8) is 0 Å². The van der Waals surface area contributed by atoms with Crippen LogP contribution in [0.4, 0.5) is 11.5 Å². The normalized spacial score (nSPS) is 11.5. The Morgan fingerprint density at radius 2 is 2.05 bits per heavy atom. The van der Waals surface area contributed by atoms with Gasteiger partial charge in [0.2, 0.25) is 0 Å². The molecule has 5 heteroatoms. The minimum absolute atomic E-state index is 0.331. The summed E-state index contributed by atoms with van der Waals surface area (Å²) in [7, 11) is 1.39. The van der Waals surface area contributed by atoms with Gasteiger partial charge in [0.05, 0.1) is 7.11 Å². The summed E-state index contributed by atoms with van der Waals surface area (Å²) >= 11 is 0. The first-order valence-electron chi connectivity index (χ1n) is 6.84. The first kappa shape index (κ1) is 14.8. The summed E-state index contributed by atoms with van der Waals surface area (Å²) in [5.41, 5.74) is 1.66. The van der Waals surface area contributed by atoms with Gasteiger partial charge in [-0.2, -0.15) is 0 Å². The molecule has 0 amide bonds. The van der Waals surface area contributed by atoms with Crippen molar-refractivity contribution in [2.75, 3.05) is 24.3 Å². The standard InChI is InChI=1S/C16H19N3O2/c1-3-17-14-11-13(9-10-18-14)19-15(16(20)21-2)12-7-5-4-6-8-12/h4-11,15H,3H2,1-2H3,(H2,17,18,19). The SMILES string of the molecule is CCNc1cc(NC(C(=O)OC)c2ccccc2)ccn1. The van der Waals surface area contributed by atoms with Crippen LogP contribution in [0.15, 0.2) is 48.7 Å². The van der Waals surface area contributed by atoms with Crippen LogP contribution in [0.5, 0.6) is 0 Å². The van der Waals surface area contributed by atoms with E-state index in [0.29, 0.717) is 0 Å². The van der Waals surface area contributed by atoms with Crippen LogP contribution >= 0.6 is 0 Å². The summed E-state index contributed by atoms with van der Waals surface area (Å²) in [6.07, 6.45) is 1.69. The molecule has 0 saturated heterocycles. The van der Waals surface area contributed by atoms with Crippen LogP contribution < -0.4 is 10.6 Å². The molecule has 1 atom stereocenters. The largest absolute Gasteiger partial charge is 0.467 e. The van der Waals surface area contributed by atoms with Gasteiger partial charge >= 0.3 is 5.97 Å². The number of carbonyl (C=O) groups is 1. The molecule has 21 heavy (non-hydrogen) atoms. The second kappa shape index (κ2) is 7.28. The molecule has 0 saturated carbocycles. The van der Waals surface area contributed by atoms with E-state index in [4.69, 9.17) is 4.74 Å². The number of esters is 1. The van der Waals surface area contributed by atoms with Crippen molar-refractivity contribution in [3.8, 4) is 0 Å². The Hall–Kier alpha value is -2.56. The first-order chi connectivity index (χ1) is 10.2. The van der Waals surface area contributed by atoms with Crippen LogP contribution in [-0.4, -0.2) is 24.6 Å². The van der Waals surface area contributed by atoms with Gasteiger partial charge in [0.15, 0.2) is 6.04 Å². The van der Waals surface area contributed by atoms with Gasteiger partial charge in [0, 0.05) is 24.5 Å². The Labute approximate surface area is 124 Å². The van der Waals surface area contributed by atoms with E-state index in [1.807, 2.05) is 49.4 Å². The zero-order chi connectivity index (χ0) is 15.1. The highest BCUT2D eigenvalue weighted by Gasteiger charge is 2.21. The Morgan fingerprint density at radius 3 is 2.71 bits per heavy atom. The van der Waals surface area contributed by atoms with Crippen LogP contribution in [-0.2, 0) is 9.53 Å². The van der Waals surface area contributed by atoms with Crippen LogP contribution in [0.25, 0.3) is 0 Å². The lowest BCUT2D eigenvalue weighted by Gasteiger charge is -2.18. The van der Waals surface area contributed by atoms with Crippen molar-refractivity contribution in [3.05, 3.63) is 54.2 Å². The molecule has 2 N–H and O–H groups in total. The highest BCUT2D eigenvalue weighted by molar-refractivity contribution is 5.81. The zero-order valence-corrected chi connectivity index (χ0v) is 12.2. The van der Waals surface area contributed by atoms with E-state index in [2.05, 4.69) is 15.6 Å². The molecule has 0 fully saturated rings. The molecular formula is C16H19N3O2. The molecule has 0 aliphatic heterocycles. The van der Waals surface area contributed by atoms with E-state index in [1.165, 1.54) is 7.11 Å². The number of ether oxygens (including phenoxy) is 1. The quantitative estimate of drug-likeness (QED) is 0.799. The van der Waals surface area contributed by atoms with Crippen molar-refractivity contribution in [2.24, 2.45) is 0 Å². The molecule has 0 bridgehead atoms. The molecule has 2 rings (SSSR count). The van der Waals surface area contributed by atoms with Crippen molar-refractivity contribution in [2.45, 2.75) is 13.0 Å². The van der Waals surface area contributed by atoms with Crippen molar-refractivity contribution < 1.29 is 9.53 Å². The highest BCUT2D eigenvalue weighted by Crippen LogP contribution is 2.22. The molecule has 0 aliphatic carbocycles. The topological polar surface area (TPSA) is 63.2 Å². The molecule has 1 aromatic heterocycles. The van der Waals surface area contributed by atoms with E-state index in [0.717, 1.165) is 23.6 Å². The molecule has 110 valence electrons. The maximum Gasteiger partial charge on any atom is 0.332 e. The van der Waals surface area contributed by atoms with Gasteiger partial charge in [-0.3, -0.25) is 0 Å². The molecule has 1 aromatic carbocycles. The Morgan fingerprint density at radius 1 is 1.29 bits per heavy atom. The minimum Gasteiger partial charge on any atom is -0.467 e. The van der Waals surface area contributed by atoms with Crippen LogP contribution in [0.1, 0.15) is 18.5 Å². The van der Waals surface area contributed by atoms with Gasteiger partial charge in [-0.1, -0.05) is 30.3 Å². The third kappa shape index (κ3) is 3.95. The van der Waals surface area contributed by atoms with Crippen LogP contribution in [0, 0.1) is 0 Å². The summed E-state index contributed by atoms with van der Waals surface area (Å²) in [4.78, 5) is 16.2. The van der Waals surface area contributed by atoms with Crippen molar-refractivity contribution in [1.82, 2.24) is 4.98 Å². The molecule has 0 radical (unpaired) electrons. The van der Waals surface area contributed by atoms with E-state index in [-0.39, 0.29) is 5.97 Å². The summed E-state index contributed by atoms with van der Waals surface area (Å²) < 4.78 is 4.88. The summed E-state index contributed by atoms with van der Waals surface area (Å²) in [5, 5.41) is 6.33. The lowest BCUT2D eigenvalue weighted by Crippen LogP contribution is -2.22. The number of hydrogen-bond acceptors (Lipinski definition) is 5. The van der Waals surface area contributed by atoms with Gasteiger partial charge in [-0.15, -0.1) is 0 Å². The summed E-state index contributed by atoms with van der Waals surface area (Å²) in [6, 6.07) is 12.6. The van der Waals surface area contributed by atoms with Crippen LogP contribution in [0.2, 0.25) is 0 Å². The minimum atomic E-state index is -0.548. The lowest BCUT2D eigenvalue weighted by atomic mass is 10.1. The number of benzene rings is 1. The van der Waals surface area contributed by atoms with Gasteiger partial charge in [-0.25, -0.2) is 9.78 Å². The maximum absolute atomic E-state index is 12.0. The third-order valence-corrected chi connectivity index (χ3v) is 3.00. The smallest absolute Gasteiger partial charge is 0.332 e. The third-order valence-electron chi connectivity index (χ3n) is 3.00.